The fourth-order valence-corrected chi connectivity index (χ4v) is 6.23. The first kappa shape index (κ1) is 28.8. The molecule has 4 aromatic carbocycles. The van der Waals surface area contributed by atoms with Crippen LogP contribution in [0.25, 0.3) is 33.5 Å². The second-order valence-corrected chi connectivity index (χ2v) is 12.8. The van der Waals surface area contributed by atoms with Crippen molar-refractivity contribution in [1.29, 1.82) is 0 Å². The Kier molecular flexibility index (Phi) is 7.43. The maximum Gasteiger partial charge on any atom is 0.254 e. The first-order valence-corrected chi connectivity index (χ1v) is 15.8. The van der Waals surface area contributed by atoms with Gasteiger partial charge >= 0.3 is 0 Å². The summed E-state index contributed by atoms with van der Waals surface area (Å²) >= 11 is 5.90. The number of imidazole rings is 1. The number of rotatable bonds is 5. The number of hydrogen-bond acceptors (Lipinski definition) is 5. The molecule has 1 aliphatic rings. The van der Waals surface area contributed by atoms with E-state index in [1.54, 1.807) is 11.8 Å². The number of aromatic amines is 1. The number of H-pyrrole nitrogens is 1. The van der Waals surface area contributed by atoms with E-state index in [1.807, 2.05) is 42.5 Å². The molecule has 220 valence electrons. The van der Waals surface area contributed by atoms with E-state index in [0.29, 0.717) is 22.6 Å². The quantitative estimate of drug-likeness (QED) is 0.232. The van der Waals surface area contributed by atoms with Gasteiger partial charge in [-0.25, -0.2) is 22.2 Å². The van der Waals surface area contributed by atoms with Gasteiger partial charge in [-0.05, 0) is 47.9 Å². The molecule has 43 heavy (non-hydrogen) atoms. The molecule has 1 N–H and O–H groups in total. The standard InChI is InChI=1S/C32H26ClF2N3O4S/c1-3-22-23(9-11-29(30(22)35)43(2,40)41)32(39)38-12-13-42-28-10-8-20(14-21(28)17-38)18-4-6-19(7-5-18)31-36-26-15-24(33)25(34)16-27(26)37-31/h4-11,14-16H,3,12-13,17H2,1-2H3,(H,36,37). The minimum absolute atomic E-state index is 0.0103. The Morgan fingerprint density at radius 3 is 2.47 bits per heavy atom. The molecule has 0 spiro atoms. The molecule has 0 saturated carbocycles. The van der Waals surface area contributed by atoms with Crippen molar-refractivity contribution in [3.8, 4) is 28.3 Å². The van der Waals surface area contributed by atoms with Crippen molar-refractivity contribution in [2.24, 2.45) is 0 Å². The Bertz CT molecular complexity index is 1970. The van der Waals surface area contributed by atoms with Gasteiger partial charge in [-0.2, -0.15) is 0 Å². The second kappa shape index (κ2) is 11.1. The molecule has 5 aromatic rings. The molecule has 1 amide bonds. The third kappa shape index (κ3) is 5.48. The first-order chi connectivity index (χ1) is 20.5. The molecule has 1 aliphatic heterocycles. The number of nitrogens with zero attached hydrogens (tertiary/aromatic N) is 2. The van der Waals surface area contributed by atoms with Crippen molar-refractivity contribution < 1.29 is 26.7 Å². The lowest BCUT2D eigenvalue weighted by atomic mass is 10.00. The van der Waals surface area contributed by atoms with Gasteiger partial charge in [-0.1, -0.05) is 48.9 Å². The number of aromatic nitrogens is 2. The van der Waals surface area contributed by atoms with Crippen LogP contribution in [0, 0.1) is 11.6 Å². The van der Waals surface area contributed by atoms with Crippen LogP contribution in [0.3, 0.4) is 0 Å². The molecule has 0 fully saturated rings. The third-order valence-electron chi connectivity index (χ3n) is 7.53. The zero-order chi connectivity index (χ0) is 30.5. The summed E-state index contributed by atoms with van der Waals surface area (Å²) in [4.78, 5) is 22.4. The topological polar surface area (TPSA) is 92.4 Å². The number of carbonyl (C=O) groups is 1. The number of fused-ring (bicyclic) bond motifs is 2. The third-order valence-corrected chi connectivity index (χ3v) is 8.94. The second-order valence-electron chi connectivity index (χ2n) is 10.4. The molecular weight excluding hydrogens is 596 g/mol. The van der Waals surface area contributed by atoms with Gasteiger partial charge in [0.1, 0.15) is 34.7 Å². The summed E-state index contributed by atoms with van der Waals surface area (Å²) in [5.74, 6) is -0.561. The highest BCUT2D eigenvalue weighted by atomic mass is 35.5. The van der Waals surface area contributed by atoms with Gasteiger partial charge in [-0.15, -0.1) is 0 Å². The molecule has 0 aliphatic carbocycles. The van der Waals surface area contributed by atoms with Gasteiger partial charge in [0.15, 0.2) is 9.84 Å². The Balaban J connectivity index is 1.27. The van der Waals surface area contributed by atoms with Crippen LogP contribution in [-0.4, -0.2) is 48.6 Å². The van der Waals surface area contributed by atoms with Gasteiger partial charge in [0.2, 0.25) is 0 Å². The van der Waals surface area contributed by atoms with Crippen molar-refractivity contribution in [2.75, 3.05) is 19.4 Å². The number of hydrogen-bond donors (Lipinski definition) is 1. The molecule has 11 heteroatoms. The summed E-state index contributed by atoms with van der Waals surface area (Å²) in [6.07, 6.45) is 1.11. The van der Waals surface area contributed by atoms with Crippen molar-refractivity contribution in [3.63, 3.8) is 0 Å². The molecule has 1 aromatic heterocycles. The number of sulfone groups is 1. The highest BCUT2D eigenvalue weighted by Crippen LogP contribution is 2.32. The molecule has 7 nitrogen and oxygen atoms in total. The van der Waals surface area contributed by atoms with E-state index in [4.69, 9.17) is 16.3 Å². The number of halogens is 3. The van der Waals surface area contributed by atoms with Gasteiger partial charge in [0.05, 0.1) is 22.6 Å². The van der Waals surface area contributed by atoms with Gasteiger partial charge < -0.3 is 14.6 Å². The van der Waals surface area contributed by atoms with E-state index in [2.05, 4.69) is 9.97 Å². The predicted molar refractivity (Wildman–Crippen MR) is 161 cm³/mol. The van der Waals surface area contributed by atoms with E-state index in [0.717, 1.165) is 34.6 Å². The van der Waals surface area contributed by atoms with E-state index >= 15 is 4.39 Å². The van der Waals surface area contributed by atoms with Crippen LogP contribution in [0.1, 0.15) is 28.4 Å². The van der Waals surface area contributed by atoms with Crippen LogP contribution in [0.15, 0.2) is 71.6 Å². The molecule has 0 bridgehead atoms. The van der Waals surface area contributed by atoms with Crippen LogP contribution in [0.2, 0.25) is 5.02 Å². The molecule has 2 heterocycles. The minimum atomic E-state index is -3.78. The Labute approximate surface area is 252 Å². The fraction of sp³-hybridized carbons (Fsp3) is 0.188. The number of benzene rings is 4. The molecule has 0 radical (unpaired) electrons. The summed E-state index contributed by atoms with van der Waals surface area (Å²) in [5.41, 5.74) is 4.75. The van der Waals surface area contributed by atoms with Crippen LogP contribution < -0.4 is 4.74 Å². The van der Waals surface area contributed by atoms with E-state index in [1.165, 1.54) is 18.2 Å². The van der Waals surface area contributed by atoms with Crippen molar-refractivity contribution in [2.45, 2.75) is 24.8 Å². The Hall–Kier alpha value is -4.28. The van der Waals surface area contributed by atoms with Crippen LogP contribution in [0.4, 0.5) is 8.78 Å². The van der Waals surface area contributed by atoms with Gasteiger partial charge in [-0.3, -0.25) is 4.79 Å². The van der Waals surface area contributed by atoms with Crippen molar-refractivity contribution in [3.05, 3.63) is 100 Å². The number of nitrogens with one attached hydrogen (secondary N) is 1. The first-order valence-electron chi connectivity index (χ1n) is 13.6. The Morgan fingerprint density at radius 1 is 1.02 bits per heavy atom. The summed E-state index contributed by atoms with van der Waals surface area (Å²) in [6.45, 7) is 2.45. The van der Waals surface area contributed by atoms with Crippen LogP contribution in [0.5, 0.6) is 5.75 Å². The van der Waals surface area contributed by atoms with E-state index in [-0.39, 0.29) is 42.3 Å². The van der Waals surface area contributed by atoms with Crippen molar-refractivity contribution >= 4 is 38.4 Å². The normalized spacial score (nSPS) is 13.5. The molecule has 0 saturated heterocycles. The monoisotopic (exact) mass is 621 g/mol. The lowest BCUT2D eigenvalue weighted by Gasteiger charge is -2.22. The molecular formula is C32H26ClF2N3O4S. The van der Waals surface area contributed by atoms with E-state index in [9.17, 15) is 17.6 Å². The largest absolute Gasteiger partial charge is 0.491 e. The Morgan fingerprint density at radius 2 is 1.74 bits per heavy atom. The van der Waals surface area contributed by atoms with Gasteiger partial charge in [0, 0.05) is 41.1 Å². The lowest BCUT2D eigenvalue weighted by Crippen LogP contribution is -2.33. The lowest BCUT2D eigenvalue weighted by molar-refractivity contribution is 0.0731. The van der Waals surface area contributed by atoms with Gasteiger partial charge in [0.25, 0.3) is 5.91 Å². The molecule has 0 atom stereocenters. The highest BCUT2D eigenvalue weighted by molar-refractivity contribution is 7.90. The maximum absolute atomic E-state index is 15.1. The summed E-state index contributed by atoms with van der Waals surface area (Å²) < 4.78 is 59.0. The summed E-state index contributed by atoms with van der Waals surface area (Å²) in [7, 11) is -3.78. The molecule has 6 rings (SSSR count). The number of amides is 1. The number of ether oxygens (including phenoxy) is 1. The van der Waals surface area contributed by atoms with E-state index < -0.39 is 32.3 Å². The zero-order valence-electron chi connectivity index (χ0n) is 23.2. The zero-order valence-corrected chi connectivity index (χ0v) is 24.8. The maximum atomic E-state index is 15.1. The highest BCUT2D eigenvalue weighted by Gasteiger charge is 2.27. The van der Waals surface area contributed by atoms with Crippen LogP contribution >= 0.6 is 11.6 Å². The average molecular weight is 622 g/mol. The summed E-state index contributed by atoms with van der Waals surface area (Å²) in [5, 5.41) is 0.0103. The van der Waals surface area contributed by atoms with Crippen LogP contribution in [-0.2, 0) is 22.8 Å². The summed E-state index contributed by atoms with van der Waals surface area (Å²) in [6, 6.07) is 18.8. The minimum Gasteiger partial charge on any atom is -0.491 e. The smallest absolute Gasteiger partial charge is 0.254 e. The SMILES string of the molecule is CCc1c(C(=O)N2CCOc3ccc(-c4ccc(-c5nc6cc(Cl)c(F)cc6[nH]5)cc4)cc3C2)ccc(S(C)(=O)=O)c1F. The number of carbonyl (C=O) groups excluding carboxylic acids is 1. The molecule has 0 unspecified atom stereocenters. The predicted octanol–water partition coefficient (Wildman–Crippen LogP) is 6.83. The van der Waals surface area contributed by atoms with Crippen molar-refractivity contribution in [1.82, 2.24) is 14.9 Å². The fourth-order valence-electron chi connectivity index (χ4n) is 5.31. The average Bonchev–Trinajstić information content (AvgIpc) is 3.25.